The summed E-state index contributed by atoms with van der Waals surface area (Å²) in [6.07, 6.45) is 0. The van der Waals surface area contributed by atoms with Gasteiger partial charge in [-0.2, -0.15) is 0 Å². The van der Waals surface area contributed by atoms with E-state index < -0.39 is 5.97 Å². The van der Waals surface area contributed by atoms with Crippen LogP contribution in [0.3, 0.4) is 0 Å². The standard InChI is InChI=1S/C18H15NO5/c1-11-8-16(23-24-18(21)12-6-4-3-5-7-12)13-9-17(22-2)15(20)10-14(13)19-11/h3-10,20H,1-2H3. The molecule has 0 aliphatic heterocycles. The van der Waals surface area contributed by atoms with Gasteiger partial charge in [-0.15, -0.1) is 0 Å². The number of phenols is 1. The normalized spacial score (nSPS) is 10.4. The quantitative estimate of drug-likeness (QED) is 0.585. The molecule has 0 unspecified atom stereocenters. The molecule has 1 N–H and O–H groups in total. The van der Waals surface area contributed by atoms with Gasteiger partial charge in [0, 0.05) is 17.8 Å². The number of ether oxygens (including phenoxy) is 1. The number of nitrogens with zero attached hydrogens (tertiary/aromatic N) is 1. The minimum Gasteiger partial charge on any atom is -0.504 e. The third-order valence-electron chi connectivity index (χ3n) is 3.42. The maximum Gasteiger partial charge on any atom is 0.386 e. The van der Waals surface area contributed by atoms with Crippen LogP contribution in [-0.2, 0) is 4.89 Å². The Morgan fingerprint density at radius 3 is 2.54 bits per heavy atom. The van der Waals surface area contributed by atoms with Crippen molar-refractivity contribution in [3.8, 4) is 17.2 Å². The minimum absolute atomic E-state index is 0.0321. The summed E-state index contributed by atoms with van der Waals surface area (Å²) in [6.45, 7) is 1.77. The van der Waals surface area contributed by atoms with Crippen molar-refractivity contribution in [1.29, 1.82) is 0 Å². The lowest BCUT2D eigenvalue weighted by atomic mass is 10.1. The molecule has 1 heterocycles. The molecule has 0 saturated heterocycles. The van der Waals surface area contributed by atoms with Gasteiger partial charge in [-0.1, -0.05) is 18.2 Å². The summed E-state index contributed by atoms with van der Waals surface area (Å²) < 4.78 is 5.09. The molecule has 0 fully saturated rings. The molecule has 24 heavy (non-hydrogen) atoms. The van der Waals surface area contributed by atoms with E-state index in [4.69, 9.17) is 14.5 Å². The molecular weight excluding hydrogens is 310 g/mol. The fourth-order valence-corrected chi connectivity index (χ4v) is 2.27. The molecule has 0 atom stereocenters. The molecule has 6 nitrogen and oxygen atoms in total. The van der Waals surface area contributed by atoms with Gasteiger partial charge < -0.3 is 9.84 Å². The molecule has 3 aromatic rings. The zero-order valence-electron chi connectivity index (χ0n) is 13.1. The monoisotopic (exact) mass is 325 g/mol. The van der Waals surface area contributed by atoms with Crippen LogP contribution in [0.5, 0.6) is 17.2 Å². The highest BCUT2D eigenvalue weighted by Crippen LogP contribution is 2.35. The molecule has 6 heteroatoms. The Balaban J connectivity index is 1.92. The topological polar surface area (TPSA) is 77.9 Å². The first-order valence-electron chi connectivity index (χ1n) is 7.20. The third kappa shape index (κ3) is 3.08. The average Bonchev–Trinajstić information content (AvgIpc) is 2.59. The van der Waals surface area contributed by atoms with Gasteiger partial charge >= 0.3 is 5.97 Å². The van der Waals surface area contributed by atoms with Crippen LogP contribution in [0.25, 0.3) is 10.9 Å². The molecule has 0 aliphatic carbocycles. The van der Waals surface area contributed by atoms with E-state index in [1.807, 2.05) is 0 Å². The largest absolute Gasteiger partial charge is 0.504 e. The number of aromatic hydroxyl groups is 1. The average molecular weight is 325 g/mol. The van der Waals surface area contributed by atoms with Crippen LogP contribution in [0, 0.1) is 6.92 Å². The van der Waals surface area contributed by atoms with Crippen LogP contribution in [0.4, 0.5) is 0 Å². The summed E-state index contributed by atoms with van der Waals surface area (Å²) in [4.78, 5) is 26.5. The summed E-state index contributed by atoms with van der Waals surface area (Å²) in [6, 6.07) is 13.2. The second-order valence-corrected chi connectivity index (χ2v) is 5.12. The number of phenolic OH excluding ortho intramolecular Hbond substituents is 1. The lowest BCUT2D eigenvalue weighted by molar-refractivity contribution is -0.148. The number of aryl methyl sites for hydroxylation is 1. The van der Waals surface area contributed by atoms with Gasteiger partial charge in [-0.25, -0.2) is 9.68 Å². The van der Waals surface area contributed by atoms with E-state index in [1.165, 1.54) is 13.2 Å². The second-order valence-electron chi connectivity index (χ2n) is 5.12. The van der Waals surface area contributed by atoms with Gasteiger partial charge in [0.25, 0.3) is 0 Å². The first-order valence-corrected chi connectivity index (χ1v) is 7.20. The molecular formula is C18H15NO5. The van der Waals surface area contributed by atoms with Crippen LogP contribution in [0.1, 0.15) is 16.1 Å². The fraction of sp³-hybridized carbons (Fsp3) is 0.111. The van der Waals surface area contributed by atoms with Crippen LogP contribution >= 0.6 is 0 Å². The molecule has 122 valence electrons. The SMILES string of the molecule is COc1cc2c(OOC(=O)c3ccccc3)cc(C)nc2cc1O. The molecule has 0 aliphatic rings. The smallest absolute Gasteiger partial charge is 0.386 e. The molecule has 0 bridgehead atoms. The first kappa shape index (κ1) is 15.6. The van der Waals surface area contributed by atoms with Crippen molar-refractivity contribution < 1.29 is 24.4 Å². The fourth-order valence-electron chi connectivity index (χ4n) is 2.27. The van der Waals surface area contributed by atoms with Gasteiger partial charge in [-0.05, 0) is 25.1 Å². The summed E-state index contributed by atoms with van der Waals surface area (Å²) in [5.41, 5.74) is 1.53. The highest BCUT2D eigenvalue weighted by Gasteiger charge is 2.14. The number of rotatable bonds is 4. The predicted octanol–water partition coefficient (Wildman–Crippen LogP) is 3.41. The third-order valence-corrected chi connectivity index (χ3v) is 3.42. The van der Waals surface area contributed by atoms with Crippen molar-refractivity contribution in [2.75, 3.05) is 7.11 Å². The van der Waals surface area contributed by atoms with Gasteiger partial charge in [-0.3, -0.25) is 9.87 Å². The van der Waals surface area contributed by atoms with Gasteiger partial charge in [0.2, 0.25) is 0 Å². The Hall–Kier alpha value is -3.28. The number of fused-ring (bicyclic) bond motifs is 1. The molecule has 0 amide bonds. The number of hydrogen-bond acceptors (Lipinski definition) is 6. The van der Waals surface area contributed by atoms with Crippen LogP contribution in [0.15, 0.2) is 48.5 Å². The summed E-state index contributed by atoms with van der Waals surface area (Å²) in [5.74, 6) is -0.0632. The molecule has 2 aromatic carbocycles. The zero-order valence-corrected chi connectivity index (χ0v) is 13.1. The molecule has 0 radical (unpaired) electrons. The number of pyridine rings is 1. The maximum absolute atomic E-state index is 12.0. The lowest BCUT2D eigenvalue weighted by Gasteiger charge is -2.10. The van der Waals surface area contributed by atoms with Crippen molar-refractivity contribution in [1.82, 2.24) is 4.98 Å². The van der Waals surface area contributed by atoms with Crippen molar-refractivity contribution in [2.24, 2.45) is 0 Å². The Morgan fingerprint density at radius 1 is 1.08 bits per heavy atom. The molecule has 0 spiro atoms. The Labute approximate surface area is 138 Å². The Kier molecular flexibility index (Phi) is 4.20. The van der Waals surface area contributed by atoms with E-state index in [2.05, 4.69) is 4.98 Å². The highest BCUT2D eigenvalue weighted by molar-refractivity contribution is 5.90. The summed E-state index contributed by atoms with van der Waals surface area (Å²) >= 11 is 0. The van der Waals surface area contributed by atoms with E-state index in [9.17, 15) is 9.90 Å². The van der Waals surface area contributed by atoms with E-state index in [1.54, 1.807) is 49.4 Å². The van der Waals surface area contributed by atoms with Crippen LogP contribution in [-0.4, -0.2) is 23.2 Å². The molecule has 3 rings (SSSR count). The highest BCUT2D eigenvalue weighted by atomic mass is 17.2. The van der Waals surface area contributed by atoms with Crippen LogP contribution < -0.4 is 9.62 Å². The van der Waals surface area contributed by atoms with E-state index in [-0.39, 0.29) is 11.5 Å². The number of carbonyl (C=O) groups excluding carboxylic acids is 1. The van der Waals surface area contributed by atoms with Crippen molar-refractivity contribution in [2.45, 2.75) is 6.92 Å². The van der Waals surface area contributed by atoms with Crippen molar-refractivity contribution in [3.05, 3.63) is 59.8 Å². The first-order chi connectivity index (χ1) is 11.6. The number of aromatic nitrogens is 1. The zero-order chi connectivity index (χ0) is 17.1. The van der Waals surface area contributed by atoms with Gasteiger partial charge in [0.1, 0.15) is 0 Å². The Morgan fingerprint density at radius 2 is 1.83 bits per heavy atom. The minimum atomic E-state index is -0.607. The van der Waals surface area contributed by atoms with Gasteiger partial charge in [0.15, 0.2) is 17.2 Å². The van der Waals surface area contributed by atoms with Crippen molar-refractivity contribution in [3.63, 3.8) is 0 Å². The number of benzene rings is 2. The molecule has 1 aromatic heterocycles. The number of carbonyl (C=O) groups is 1. The predicted molar refractivity (Wildman–Crippen MR) is 87.2 cm³/mol. The molecule has 0 saturated carbocycles. The van der Waals surface area contributed by atoms with Crippen LogP contribution in [0.2, 0.25) is 0 Å². The second kappa shape index (κ2) is 6.45. The summed E-state index contributed by atoms with van der Waals surface area (Å²) in [5, 5.41) is 10.4. The van der Waals surface area contributed by atoms with E-state index in [0.29, 0.717) is 27.9 Å². The van der Waals surface area contributed by atoms with E-state index >= 15 is 0 Å². The summed E-state index contributed by atoms with van der Waals surface area (Å²) in [7, 11) is 1.44. The number of hydrogen-bond donors (Lipinski definition) is 1. The van der Waals surface area contributed by atoms with E-state index in [0.717, 1.165) is 0 Å². The van der Waals surface area contributed by atoms with Gasteiger partial charge in [0.05, 0.1) is 23.6 Å². The number of methoxy groups -OCH3 is 1. The Bertz CT molecular complexity index is 893. The maximum atomic E-state index is 12.0. The lowest BCUT2D eigenvalue weighted by Crippen LogP contribution is -2.08. The van der Waals surface area contributed by atoms with Crippen molar-refractivity contribution >= 4 is 16.9 Å².